The summed E-state index contributed by atoms with van der Waals surface area (Å²) >= 11 is 0. The van der Waals surface area contributed by atoms with Crippen molar-refractivity contribution in [3.8, 4) is 11.3 Å². The van der Waals surface area contributed by atoms with Gasteiger partial charge in [-0.3, -0.25) is 0 Å². The Morgan fingerprint density at radius 2 is 1.90 bits per heavy atom. The highest BCUT2D eigenvalue weighted by Crippen LogP contribution is 2.37. The third-order valence-electron chi connectivity index (χ3n) is 6.79. The van der Waals surface area contributed by atoms with Gasteiger partial charge < -0.3 is 15.2 Å². The summed E-state index contributed by atoms with van der Waals surface area (Å²) in [4.78, 5) is 7.27. The lowest BCUT2D eigenvalue weighted by atomic mass is 9.84. The molecule has 0 spiro atoms. The van der Waals surface area contributed by atoms with Crippen LogP contribution in [0.3, 0.4) is 0 Å². The lowest BCUT2D eigenvalue weighted by molar-refractivity contribution is 0.108. The van der Waals surface area contributed by atoms with Crippen molar-refractivity contribution in [2.45, 2.75) is 70.5 Å². The predicted molar refractivity (Wildman–Crippen MR) is 116 cm³/mol. The number of nitrogens with zero attached hydrogens (tertiary/aromatic N) is 3. The summed E-state index contributed by atoms with van der Waals surface area (Å²) in [6, 6.07) is 6.53. The third kappa shape index (κ3) is 3.97. The van der Waals surface area contributed by atoms with Crippen molar-refractivity contribution in [1.29, 1.82) is 0 Å². The zero-order chi connectivity index (χ0) is 20.6. The van der Waals surface area contributed by atoms with E-state index in [9.17, 15) is 4.39 Å². The number of aromatic nitrogens is 2. The Morgan fingerprint density at radius 1 is 1.21 bits per heavy atom. The largest absolute Gasteiger partial charge is 0.360 e. The molecule has 0 bridgehead atoms. The maximum absolute atomic E-state index is 13.3. The molecule has 1 aliphatic heterocycles. The van der Waals surface area contributed by atoms with E-state index < -0.39 is 0 Å². The van der Waals surface area contributed by atoms with E-state index in [0.717, 1.165) is 48.2 Å². The van der Waals surface area contributed by atoms with Crippen LogP contribution in [0.1, 0.15) is 58.2 Å². The van der Waals surface area contributed by atoms with Crippen molar-refractivity contribution < 1.29 is 4.39 Å². The molecule has 4 rings (SSSR count). The van der Waals surface area contributed by atoms with Gasteiger partial charge in [-0.2, -0.15) is 0 Å². The van der Waals surface area contributed by atoms with Crippen LogP contribution in [0, 0.1) is 11.7 Å². The Kier molecular flexibility index (Phi) is 5.52. The molecule has 1 aliphatic carbocycles. The van der Waals surface area contributed by atoms with Crippen LogP contribution in [0.5, 0.6) is 0 Å². The lowest BCUT2D eigenvalue weighted by Gasteiger charge is -2.46. The minimum atomic E-state index is -0.294. The molecular weight excluding hydrogens is 363 g/mol. The second kappa shape index (κ2) is 7.94. The zero-order valence-electron chi connectivity index (χ0n) is 17.7. The summed E-state index contributed by atoms with van der Waals surface area (Å²) < 4.78 is 15.5. The average molecular weight is 397 g/mol. The summed E-state index contributed by atoms with van der Waals surface area (Å²) in [6.07, 6.45) is 9.74. The van der Waals surface area contributed by atoms with Crippen LogP contribution in [0.25, 0.3) is 11.3 Å². The van der Waals surface area contributed by atoms with Crippen molar-refractivity contribution in [2.24, 2.45) is 11.7 Å². The van der Waals surface area contributed by atoms with Gasteiger partial charge in [0.15, 0.2) is 0 Å². The molecular formula is C24H33FN4. The number of benzene rings is 1. The van der Waals surface area contributed by atoms with Gasteiger partial charge in [0.2, 0.25) is 0 Å². The van der Waals surface area contributed by atoms with Crippen LogP contribution in [-0.4, -0.2) is 27.0 Å². The van der Waals surface area contributed by atoms with E-state index in [-0.39, 0.29) is 17.4 Å². The third-order valence-corrected chi connectivity index (χ3v) is 6.79. The molecule has 4 nitrogen and oxygen atoms in total. The van der Waals surface area contributed by atoms with Crippen LogP contribution in [0.2, 0.25) is 0 Å². The van der Waals surface area contributed by atoms with Gasteiger partial charge in [-0.05, 0) is 50.5 Å². The van der Waals surface area contributed by atoms with Crippen molar-refractivity contribution in [3.63, 3.8) is 0 Å². The monoisotopic (exact) mass is 396 g/mol. The van der Waals surface area contributed by atoms with E-state index >= 15 is 0 Å². The number of hydrogen-bond donors (Lipinski definition) is 1. The van der Waals surface area contributed by atoms with Gasteiger partial charge in [-0.1, -0.05) is 38.7 Å². The van der Waals surface area contributed by atoms with Crippen molar-refractivity contribution in [2.75, 3.05) is 6.54 Å². The van der Waals surface area contributed by atoms with E-state index in [2.05, 4.69) is 36.1 Å². The van der Waals surface area contributed by atoms with Crippen molar-refractivity contribution in [3.05, 3.63) is 54.4 Å². The summed E-state index contributed by atoms with van der Waals surface area (Å²) in [5.41, 5.74) is 9.17. The number of hydrogen-bond acceptors (Lipinski definition) is 3. The summed E-state index contributed by atoms with van der Waals surface area (Å²) in [6.45, 7) is 10.5. The molecule has 0 radical (unpaired) electrons. The fourth-order valence-electron chi connectivity index (χ4n) is 5.06. The van der Waals surface area contributed by atoms with Gasteiger partial charge in [-0.15, -0.1) is 0 Å². The number of imidazole rings is 1. The van der Waals surface area contributed by atoms with Gasteiger partial charge in [-0.25, -0.2) is 9.37 Å². The van der Waals surface area contributed by atoms with E-state index in [1.165, 1.54) is 44.2 Å². The fraction of sp³-hybridized carbons (Fsp3) is 0.542. The first-order chi connectivity index (χ1) is 13.9. The molecule has 2 aromatic rings. The van der Waals surface area contributed by atoms with Crippen LogP contribution in [0.4, 0.5) is 4.39 Å². The molecule has 156 valence electrons. The first kappa shape index (κ1) is 20.1. The van der Waals surface area contributed by atoms with Crippen molar-refractivity contribution in [1.82, 2.24) is 14.5 Å². The molecule has 2 N–H and O–H groups in total. The van der Waals surface area contributed by atoms with Gasteiger partial charge in [0.1, 0.15) is 11.6 Å². The van der Waals surface area contributed by atoms with Gasteiger partial charge in [0, 0.05) is 36.6 Å². The Bertz CT molecular complexity index is 862. The maximum atomic E-state index is 13.3. The second-order valence-corrected chi connectivity index (χ2v) is 9.20. The minimum Gasteiger partial charge on any atom is -0.360 e. The van der Waals surface area contributed by atoms with E-state index in [0.29, 0.717) is 0 Å². The van der Waals surface area contributed by atoms with Crippen molar-refractivity contribution >= 4 is 0 Å². The molecule has 1 fully saturated rings. The smallest absolute Gasteiger partial charge is 0.134 e. The normalized spacial score (nSPS) is 20.3. The van der Waals surface area contributed by atoms with Crippen LogP contribution in [0.15, 0.2) is 42.7 Å². The molecule has 0 amide bonds. The molecule has 5 heteroatoms. The number of nitrogens with two attached hydrogens (primary N) is 1. The van der Waals surface area contributed by atoms with Gasteiger partial charge in [0.25, 0.3) is 0 Å². The first-order valence-corrected chi connectivity index (χ1v) is 10.9. The molecule has 1 aromatic heterocycles. The summed E-state index contributed by atoms with van der Waals surface area (Å²) in [7, 11) is 0. The highest BCUT2D eigenvalue weighted by atomic mass is 19.1. The van der Waals surface area contributed by atoms with E-state index in [1.807, 2.05) is 0 Å². The number of rotatable bonds is 5. The number of halogens is 1. The first-order valence-electron chi connectivity index (χ1n) is 10.9. The van der Waals surface area contributed by atoms with Gasteiger partial charge >= 0.3 is 0 Å². The fourth-order valence-corrected chi connectivity index (χ4v) is 5.06. The molecule has 2 heterocycles. The number of fused-ring (bicyclic) bond motifs is 1. The summed E-state index contributed by atoms with van der Waals surface area (Å²) in [5.74, 6) is 1.51. The Morgan fingerprint density at radius 3 is 2.59 bits per heavy atom. The van der Waals surface area contributed by atoms with Crippen LogP contribution >= 0.6 is 0 Å². The Labute approximate surface area is 173 Å². The predicted octanol–water partition coefficient (Wildman–Crippen LogP) is 5.05. The molecule has 1 unspecified atom stereocenters. The molecule has 1 aromatic carbocycles. The molecule has 29 heavy (non-hydrogen) atoms. The Hall–Kier alpha value is -2.14. The van der Waals surface area contributed by atoms with E-state index in [4.69, 9.17) is 10.7 Å². The molecule has 0 saturated heterocycles. The van der Waals surface area contributed by atoms with Crippen LogP contribution in [-0.2, 0) is 12.1 Å². The molecule has 1 saturated carbocycles. The Balaban J connectivity index is 1.53. The average Bonchev–Trinajstić information content (AvgIpc) is 3.15. The standard InChI is InChI=1S/C24H33FN4/c1-17(21(26)15-18-7-5-4-6-8-18)29-14-13-28-16-22(27-23(28)24(29,2)3)19-9-11-20(25)12-10-19/h9-12,16,18,21H,1,4-8,13-15,26H2,2-3H3. The van der Waals surface area contributed by atoms with Gasteiger partial charge in [0.05, 0.1) is 11.2 Å². The quantitative estimate of drug-likeness (QED) is 0.769. The maximum Gasteiger partial charge on any atom is 0.134 e. The summed E-state index contributed by atoms with van der Waals surface area (Å²) in [5, 5.41) is 0. The zero-order valence-corrected chi connectivity index (χ0v) is 17.7. The minimum absolute atomic E-state index is 0.00421. The highest BCUT2D eigenvalue weighted by molar-refractivity contribution is 5.58. The highest BCUT2D eigenvalue weighted by Gasteiger charge is 2.39. The van der Waals surface area contributed by atoms with Crippen LogP contribution < -0.4 is 5.73 Å². The SMILES string of the molecule is C=C(C(N)CC1CCCCC1)N1CCn2cc(-c3ccc(F)cc3)nc2C1(C)C. The van der Waals surface area contributed by atoms with E-state index in [1.54, 1.807) is 12.1 Å². The lowest BCUT2D eigenvalue weighted by Crippen LogP contribution is -2.51. The second-order valence-electron chi connectivity index (χ2n) is 9.20. The topological polar surface area (TPSA) is 47.1 Å². The molecule has 2 aliphatic rings. The molecule has 1 atom stereocenters.